The van der Waals surface area contributed by atoms with Crippen LogP contribution >= 0.6 is 11.3 Å². The van der Waals surface area contributed by atoms with Crippen molar-refractivity contribution in [3.05, 3.63) is 157 Å². The second-order valence-electron chi connectivity index (χ2n) is 12.9. The highest BCUT2D eigenvalue weighted by Crippen LogP contribution is 2.49. The summed E-state index contributed by atoms with van der Waals surface area (Å²) in [7, 11) is 0. The Morgan fingerprint density at radius 2 is 1.60 bits per heavy atom. The van der Waals surface area contributed by atoms with Crippen molar-refractivity contribution in [1.82, 2.24) is 0 Å². The van der Waals surface area contributed by atoms with Crippen molar-refractivity contribution in [2.75, 3.05) is 24.6 Å². The van der Waals surface area contributed by atoms with Crippen LogP contribution in [0.15, 0.2) is 101 Å². The lowest BCUT2D eigenvalue weighted by Gasteiger charge is -2.28. The normalized spacial score (nSPS) is 15.2. The largest absolute Gasteiger partial charge is 0.488 e. The molecule has 0 saturated carbocycles. The van der Waals surface area contributed by atoms with E-state index in [1.54, 1.807) is 18.2 Å². The molecule has 0 bridgehead atoms. The van der Waals surface area contributed by atoms with Crippen molar-refractivity contribution < 1.29 is 27.8 Å². The molecule has 2 heterocycles. The number of aliphatic hydroxyl groups excluding tert-OH is 1. The first kappa shape index (κ1) is 40.1. The maximum Gasteiger partial charge on any atom is 0.237 e. The number of nitrogens with zero attached hydrogens (tertiary/aromatic N) is 4. The standard InChI is InChI=1S/C44H39F3N4O3S/c1-4-5-21-51(22-9-10-23-52)34-15-13-31(40(26-34)53-29-30-11-7-6-8-12-30)14-16-35-17-18-36(55-35)19-20-37-42(50-3)43(32(27-48)28-49)54-44(37,2)41-38(46)24-33(45)25-39(41)47/h6-8,11-20,24-26,52H,4-5,9-10,21-23,29H2,1-2H3/b16-14+,20-19+. The molecule has 1 N–H and O–H groups in total. The van der Waals surface area contributed by atoms with E-state index in [1.165, 1.54) is 24.3 Å². The zero-order valence-electron chi connectivity index (χ0n) is 30.5. The van der Waals surface area contributed by atoms with Crippen LogP contribution in [0.2, 0.25) is 0 Å². The van der Waals surface area contributed by atoms with Gasteiger partial charge in [-0.25, -0.2) is 18.0 Å². The number of unbranched alkanes of at least 4 members (excludes halogenated alkanes) is 2. The van der Waals surface area contributed by atoms with Gasteiger partial charge in [0.2, 0.25) is 5.70 Å². The smallest absolute Gasteiger partial charge is 0.237 e. The van der Waals surface area contributed by atoms with Crippen molar-refractivity contribution in [2.45, 2.75) is 51.7 Å². The lowest BCUT2D eigenvalue weighted by Crippen LogP contribution is -2.27. The van der Waals surface area contributed by atoms with Gasteiger partial charge in [0, 0.05) is 64.5 Å². The Kier molecular flexibility index (Phi) is 13.7. The van der Waals surface area contributed by atoms with E-state index in [9.17, 15) is 20.0 Å². The molecule has 0 saturated heterocycles. The third-order valence-electron chi connectivity index (χ3n) is 9.04. The molecule has 1 aliphatic rings. The number of ether oxygens (including phenoxy) is 2. The van der Waals surface area contributed by atoms with Gasteiger partial charge in [-0.2, -0.15) is 10.5 Å². The Balaban J connectivity index is 1.47. The minimum absolute atomic E-state index is 0.0000352. The van der Waals surface area contributed by atoms with E-state index in [0.29, 0.717) is 18.7 Å². The molecule has 0 spiro atoms. The molecule has 280 valence electrons. The fraction of sp³-hybridized carbons (Fsp3) is 0.250. The molecule has 4 aromatic rings. The van der Waals surface area contributed by atoms with Gasteiger partial charge in [0.25, 0.3) is 0 Å². The summed E-state index contributed by atoms with van der Waals surface area (Å²) in [5.41, 5.74) is -0.513. The van der Waals surface area contributed by atoms with E-state index in [0.717, 1.165) is 71.1 Å². The summed E-state index contributed by atoms with van der Waals surface area (Å²) in [6.45, 7) is 13.6. The molecular formula is C44H39F3N4O3S. The van der Waals surface area contributed by atoms with Crippen molar-refractivity contribution in [1.29, 1.82) is 10.5 Å². The second-order valence-corrected chi connectivity index (χ2v) is 14.0. The zero-order valence-corrected chi connectivity index (χ0v) is 31.3. The molecule has 1 unspecified atom stereocenters. The Hall–Kier alpha value is -6.06. The second kappa shape index (κ2) is 18.8. The number of anilines is 1. The van der Waals surface area contributed by atoms with Crippen LogP contribution < -0.4 is 9.64 Å². The van der Waals surface area contributed by atoms with Crippen LogP contribution in [0.1, 0.15) is 66.0 Å². The highest BCUT2D eigenvalue weighted by Gasteiger charge is 2.47. The number of hydrogen-bond donors (Lipinski definition) is 1. The number of benzene rings is 3. The Morgan fingerprint density at radius 1 is 0.927 bits per heavy atom. The summed E-state index contributed by atoms with van der Waals surface area (Å²) < 4.78 is 56.5. The summed E-state index contributed by atoms with van der Waals surface area (Å²) in [5.74, 6) is -3.31. The quantitative estimate of drug-likeness (QED) is 0.0694. The molecule has 0 radical (unpaired) electrons. The molecule has 1 aliphatic heterocycles. The minimum atomic E-state index is -2.00. The topological polar surface area (TPSA) is 93.9 Å². The third kappa shape index (κ3) is 9.55. The average molecular weight is 761 g/mol. The zero-order chi connectivity index (χ0) is 39.4. The van der Waals surface area contributed by atoms with Gasteiger partial charge in [-0.05, 0) is 74.2 Å². The van der Waals surface area contributed by atoms with Crippen molar-refractivity contribution in [3.8, 4) is 17.9 Å². The molecule has 7 nitrogen and oxygen atoms in total. The Labute approximate surface area is 323 Å². The van der Waals surface area contributed by atoms with Crippen molar-refractivity contribution >= 4 is 35.3 Å². The first-order valence-electron chi connectivity index (χ1n) is 17.8. The molecule has 1 aromatic heterocycles. The van der Waals surface area contributed by atoms with Crippen LogP contribution in [0.25, 0.3) is 23.1 Å². The van der Waals surface area contributed by atoms with Gasteiger partial charge in [0.1, 0.15) is 41.9 Å². The van der Waals surface area contributed by atoms with E-state index in [1.807, 2.05) is 60.7 Å². The maximum absolute atomic E-state index is 15.2. The lowest BCUT2D eigenvalue weighted by molar-refractivity contribution is 0.0680. The molecule has 11 heteroatoms. The molecule has 0 aliphatic carbocycles. The van der Waals surface area contributed by atoms with Crippen LogP contribution in [0, 0.1) is 46.7 Å². The SMILES string of the molecule is [C-]#[N+]C1=C(/C=C/c2ccc(/C=C/c3ccc(N(CCCC)CCCCO)cc3OCc3ccccc3)s2)C(C)(c2c(F)cc(F)cc2F)OC1=C(C#N)C#N. The summed E-state index contributed by atoms with van der Waals surface area (Å²) in [6.07, 6.45) is 10.7. The lowest BCUT2D eigenvalue weighted by atomic mass is 9.86. The van der Waals surface area contributed by atoms with Gasteiger partial charge in [-0.1, -0.05) is 49.8 Å². The summed E-state index contributed by atoms with van der Waals surface area (Å²) in [5, 5.41) is 28.5. The van der Waals surface area contributed by atoms with Gasteiger partial charge in [0.15, 0.2) is 16.9 Å². The highest BCUT2D eigenvalue weighted by atomic mass is 32.1. The fourth-order valence-corrected chi connectivity index (χ4v) is 7.04. The summed E-state index contributed by atoms with van der Waals surface area (Å²) in [6, 6.07) is 24.2. The van der Waals surface area contributed by atoms with Gasteiger partial charge in [0.05, 0.1) is 12.1 Å². The Bertz CT molecular complexity index is 2220. The van der Waals surface area contributed by atoms with Gasteiger partial charge >= 0.3 is 0 Å². The third-order valence-corrected chi connectivity index (χ3v) is 10.1. The first-order chi connectivity index (χ1) is 26.6. The Morgan fingerprint density at radius 3 is 2.24 bits per heavy atom. The van der Waals surface area contributed by atoms with Gasteiger partial charge in [-0.15, -0.1) is 11.3 Å². The summed E-state index contributed by atoms with van der Waals surface area (Å²) >= 11 is 1.41. The first-order valence-corrected chi connectivity index (χ1v) is 18.6. The van der Waals surface area contributed by atoms with E-state index < -0.39 is 39.9 Å². The van der Waals surface area contributed by atoms with Crippen LogP contribution in [0.3, 0.4) is 0 Å². The number of rotatable bonds is 16. The van der Waals surface area contributed by atoms with Crippen LogP contribution in [0.5, 0.6) is 5.75 Å². The number of allylic oxidation sites excluding steroid dienone is 1. The summed E-state index contributed by atoms with van der Waals surface area (Å²) in [4.78, 5) is 7.41. The monoisotopic (exact) mass is 760 g/mol. The van der Waals surface area contributed by atoms with Crippen molar-refractivity contribution in [3.63, 3.8) is 0 Å². The van der Waals surface area contributed by atoms with Crippen LogP contribution in [-0.2, 0) is 16.9 Å². The average Bonchev–Trinajstić information content (AvgIpc) is 3.75. The molecule has 0 fully saturated rings. The minimum Gasteiger partial charge on any atom is -0.488 e. The molecule has 3 aromatic carbocycles. The predicted molar refractivity (Wildman–Crippen MR) is 210 cm³/mol. The van der Waals surface area contributed by atoms with Gasteiger partial charge in [-0.3, -0.25) is 0 Å². The van der Waals surface area contributed by atoms with Crippen LogP contribution in [0.4, 0.5) is 18.9 Å². The molecule has 55 heavy (non-hydrogen) atoms. The fourth-order valence-electron chi connectivity index (χ4n) is 6.22. The number of halogens is 3. The number of nitriles is 2. The van der Waals surface area contributed by atoms with E-state index in [-0.39, 0.29) is 17.9 Å². The number of aliphatic hydroxyl groups is 1. The van der Waals surface area contributed by atoms with Gasteiger partial charge < -0.3 is 19.5 Å². The number of hydrogen-bond acceptors (Lipinski definition) is 7. The van der Waals surface area contributed by atoms with E-state index in [4.69, 9.17) is 16.0 Å². The van der Waals surface area contributed by atoms with E-state index in [2.05, 4.69) is 28.8 Å². The highest BCUT2D eigenvalue weighted by molar-refractivity contribution is 7.13. The predicted octanol–water partition coefficient (Wildman–Crippen LogP) is 10.7. The molecule has 1 atom stereocenters. The maximum atomic E-state index is 15.2. The van der Waals surface area contributed by atoms with Crippen molar-refractivity contribution in [2.24, 2.45) is 0 Å². The molecular weight excluding hydrogens is 722 g/mol. The van der Waals surface area contributed by atoms with E-state index >= 15 is 8.78 Å². The van der Waals surface area contributed by atoms with Crippen LogP contribution in [-0.4, -0.2) is 24.8 Å². The number of thiophene rings is 1. The molecule has 5 rings (SSSR count). The molecule has 0 amide bonds.